The number of alkyl halides is 3. The van der Waals surface area contributed by atoms with Crippen LogP contribution in [0.15, 0.2) is 6.20 Å². The van der Waals surface area contributed by atoms with Gasteiger partial charge in [-0.25, -0.2) is 4.98 Å². The Hall–Kier alpha value is -0.820. The number of hydrogen-bond donors (Lipinski definition) is 1. The molecule has 0 fully saturated rings. The van der Waals surface area contributed by atoms with Gasteiger partial charge in [-0.15, -0.1) is 11.3 Å². The van der Waals surface area contributed by atoms with Crippen molar-refractivity contribution in [2.75, 3.05) is 18.8 Å². The van der Waals surface area contributed by atoms with Crippen molar-refractivity contribution in [3.63, 3.8) is 0 Å². The highest BCUT2D eigenvalue weighted by Crippen LogP contribution is 2.21. The first-order valence-electron chi connectivity index (χ1n) is 4.90. The molecule has 2 N–H and O–H groups in total. The molecule has 0 radical (unpaired) electrons. The Morgan fingerprint density at radius 2 is 2.19 bits per heavy atom. The molecule has 92 valence electrons. The van der Waals surface area contributed by atoms with Crippen LogP contribution in [0.25, 0.3) is 0 Å². The quantitative estimate of drug-likeness (QED) is 0.876. The molecule has 0 spiro atoms. The van der Waals surface area contributed by atoms with Crippen LogP contribution in [-0.2, 0) is 6.54 Å². The Labute approximate surface area is 96.1 Å². The average molecular weight is 253 g/mol. The molecular weight excluding hydrogens is 239 g/mol. The summed E-state index contributed by atoms with van der Waals surface area (Å²) < 4.78 is 36.8. The number of nitrogens with zero attached hydrogens (tertiary/aromatic N) is 2. The van der Waals surface area contributed by atoms with Crippen LogP contribution in [0, 0.1) is 0 Å². The first-order chi connectivity index (χ1) is 7.40. The SMILES string of the molecule is CCCN(Cc1cnc(N)s1)CC(F)(F)F. The number of nitrogen functional groups attached to an aromatic ring is 1. The van der Waals surface area contributed by atoms with Gasteiger partial charge < -0.3 is 5.73 Å². The summed E-state index contributed by atoms with van der Waals surface area (Å²) in [5.74, 6) is 0. The van der Waals surface area contributed by atoms with Crippen LogP contribution in [-0.4, -0.2) is 29.1 Å². The Bertz CT molecular complexity index is 324. The highest BCUT2D eigenvalue weighted by atomic mass is 32.1. The van der Waals surface area contributed by atoms with E-state index in [0.29, 0.717) is 18.1 Å². The van der Waals surface area contributed by atoms with Crippen molar-refractivity contribution in [2.45, 2.75) is 26.1 Å². The smallest absolute Gasteiger partial charge is 0.375 e. The molecule has 7 heteroatoms. The van der Waals surface area contributed by atoms with Gasteiger partial charge in [0.2, 0.25) is 0 Å². The van der Waals surface area contributed by atoms with Crippen LogP contribution >= 0.6 is 11.3 Å². The lowest BCUT2D eigenvalue weighted by atomic mass is 10.3. The third-order valence-corrected chi connectivity index (χ3v) is 2.70. The molecule has 0 unspecified atom stereocenters. The summed E-state index contributed by atoms with van der Waals surface area (Å²) in [5, 5.41) is 0.387. The van der Waals surface area contributed by atoms with Gasteiger partial charge in [0.05, 0.1) is 6.54 Å². The molecule has 1 heterocycles. The fourth-order valence-electron chi connectivity index (χ4n) is 1.40. The van der Waals surface area contributed by atoms with Crippen LogP contribution in [0.2, 0.25) is 0 Å². The summed E-state index contributed by atoms with van der Waals surface area (Å²) in [5.41, 5.74) is 5.42. The zero-order chi connectivity index (χ0) is 12.2. The molecular formula is C9H14F3N3S. The second-order valence-electron chi connectivity index (χ2n) is 3.49. The van der Waals surface area contributed by atoms with Gasteiger partial charge in [0.1, 0.15) is 0 Å². The summed E-state index contributed by atoms with van der Waals surface area (Å²) in [6.07, 6.45) is -1.95. The molecule has 0 amide bonds. The van der Waals surface area contributed by atoms with Crippen molar-refractivity contribution < 1.29 is 13.2 Å². The summed E-state index contributed by atoms with van der Waals surface area (Å²) in [4.78, 5) is 5.93. The molecule has 0 saturated carbocycles. The van der Waals surface area contributed by atoms with E-state index >= 15 is 0 Å². The summed E-state index contributed by atoms with van der Waals surface area (Å²) in [7, 11) is 0. The second-order valence-corrected chi connectivity index (χ2v) is 4.64. The zero-order valence-corrected chi connectivity index (χ0v) is 9.74. The third kappa shape index (κ3) is 4.80. The number of hydrogen-bond acceptors (Lipinski definition) is 4. The van der Waals surface area contributed by atoms with Gasteiger partial charge in [0.15, 0.2) is 5.13 Å². The fraction of sp³-hybridized carbons (Fsp3) is 0.667. The van der Waals surface area contributed by atoms with Gasteiger partial charge in [-0.2, -0.15) is 13.2 Å². The van der Waals surface area contributed by atoms with Crippen LogP contribution < -0.4 is 5.73 Å². The largest absolute Gasteiger partial charge is 0.401 e. The maximum atomic E-state index is 12.3. The number of thiazole rings is 1. The molecule has 0 aliphatic carbocycles. The van der Waals surface area contributed by atoms with Gasteiger partial charge in [-0.3, -0.25) is 4.90 Å². The van der Waals surface area contributed by atoms with Crippen molar-refractivity contribution >= 4 is 16.5 Å². The number of aromatic nitrogens is 1. The van der Waals surface area contributed by atoms with Gasteiger partial charge >= 0.3 is 6.18 Å². The molecule has 0 atom stereocenters. The van der Waals surface area contributed by atoms with Gasteiger partial charge in [-0.1, -0.05) is 6.92 Å². The highest BCUT2D eigenvalue weighted by Gasteiger charge is 2.30. The van der Waals surface area contributed by atoms with Crippen molar-refractivity contribution in [1.29, 1.82) is 0 Å². The van der Waals surface area contributed by atoms with E-state index < -0.39 is 12.7 Å². The second kappa shape index (κ2) is 5.49. The standard InChI is InChI=1S/C9H14F3N3S/c1-2-3-15(6-9(10,11)12)5-7-4-14-8(13)16-7/h4H,2-3,5-6H2,1H3,(H2,13,14). The Balaban J connectivity index is 2.57. The summed E-state index contributed by atoms with van der Waals surface area (Å²) in [6, 6.07) is 0. The van der Waals surface area contributed by atoms with Crippen molar-refractivity contribution in [2.24, 2.45) is 0 Å². The van der Waals surface area contributed by atoms with Crippen LogP contribution in [0.5, 0.6) is 0 Å². The fourth-order valence-corrected chi connectivity index (χ4v) is 2.13. The lowest BCUT2D eigenvalue weighted by Crippen LogP contribution is -2.34. The molecule has 1 aromatic rings. The van der Waals surface area contributed by atoms with Crippen molar-refractivity contribution in [1.82, 2.24) is 9.88 Å². The molecule has 0 bridgehead atoms. The maximum Gasteiger partial charge on any atom is 0.401 e. The van der Waals surface area contributed by atoms with Crippen molar-refractivity contribution in [3.8, 4) is 0 Å². The van der Waals surface area contributed by atoms with Crippen molar-refractivity contribution in [3.05, 3.63) is 11.1 Å². The molecule has 0 aliphatic rings. The maximum absolute atomic E-state index is 12.3. The zero-order valence-electron chi connectivity index (χ0n) is 8.92. The topological polar surface area (TPSA) is 42.2 Å². The normalized spacial score (nSPS) is 12.3. The Kier molecular flexibility index (Phi) is 4.55. The van der Waals surface area contributed by atoms with E-state index in [-0.39, 0.29) is 6.54 Å². The number of nitrogens with two attached hydrogens (primary N) is 1. The molecule has 0 aliphatic heterocycles. The minimum Gasteiger partial charge on any atom is -0.375 e. The molecule has 1 rings (SSSR count). The minimum absolute atomic E-state index is 0.252. The minimum atomic E-state index is -4.16. The first-order valence-corrected chi connectivity index (χ1v) is 5.71. The summed E-state index contributed by atoms with van der Waals surface area (Å²) >= 11 is 1.23. The van der Waals surface area contributed by atoms with E-state index in [1.165, 1.54) is 22.4 Å². The van der Waals surface area contributed by atoms with E-state index in [1.807, 2.05) is 6.92 Å². The van der Waals surface area contributed by atoms with Gasteiger partial charge in [0.25, 0.3) is 0 Å². The van der Waals surface area contributed by atoms with E-state index in [4.69, 9.17) is 5.73 Å². The number of rotatable bonds is 5. The van der Waals surface area contributed by atoms with E-state index in [9.17, 15) is 13.2 Å². The van der Waals surface area contributed by atoms with Crippen LogP contribution in [0.3, 0.4) is 0 Å². The highest BCUT2D eigenvalue weighted by molar-refractivity contribution is 7.15. The molecule has 0 saturated heterocycles. The third-order valence-electron chi connectivity index (χ3n) is 1.89. The predicted molar refractivity (Wildman–Crippen MR) is 58.1 cm³/mol. The summed E-state index contributed by atoms with van der Waals surface area (Å²) in [6.45, 7) is 1.63. The molecule has 3 nitrogen and oxygen atoms in total. The van der Waals surface area contributed by atoms with Crippen LogP contribution in [0.4, 0.5) is 18.3 Å². The Morgan fingerprint density at radius 3 is 2.62 bits per heavy atom. The lowest BCUT2D eigenvalue weighted by molar-refractivity contribution is -0.147. The first kappa shape index (κ1) is 13.2. The van der Waals surface area contributed by atoms with E-state index in [1.54, 1.807) is 0 Å². The average Bonchev–Trinajstić information content (AvgIpc) is 2.48. The van der Waals surface area contributed by atoms with Gasteiger partial charge in [-0.05, 0) is 13.0 Å². The molecule has 16 heavy (non-hydrogen) atoms. The Morgan fingerprint density at radius 1 is 1.50 bits per heavy atom. The van der Waals surface area contributed by atoms with E-state index in [2.05, 4.69) is 4.98 Å². The van der Waals surface area contributed by atoms with Gasteiger partial charge in [0, 0.05) is 17.6 Å². The number of anilines is 1. The van der Waals surface area contributed by atoms with Crippen LogP contribution in [0.1, 0.15) is 18.2 Å². The van der Waals surface area contributed by atoms with E-state index in [0.717, 1.165) is 4.88 Å². The molecule has 0 aromatic carbocycles. The predicted octanol–water partition coefficient (Wildman–Crippen LogP) is 2.50. The monoisotopic (exact) mass is 253 g/mol. The lowest BCUT2D eigenvalue weighted by Gasteiger charge is -2.21. The number of halogens is 3. The molecule has 1 aromatic heterocycles.